The van der Waals surface area contributed by atoms with Gasteiger partial charge in [-0.3, -0.25) is 14.4 Å². The van der Waals surface area contributed by atoms with Crippen LogP contribution in [-0.2, 0) is 17.9 Å². The van der Waals surface area contributed by atoms with Crippen LogP contribution in [0.1, 0.15) is 30.0 Å². The molecule has 2 aromatic carbocycles. The van der Waals surface area contributed by atoms with Crippen molar-refractivity contribution < 1.29 is 33.0 Å². The highest BCUT2D eigenvalue weighted by molar-refractivity contribution is 7.98. The number of halogens is 2. The number of thioether (sulfide) groups is 1. The molecule has 4 aromatic rings. The number of hydrogen-bond acceptors (Lipinski definition) is 8. The molecule has 0 spiro atoms. The molecule has 0 radical (unpaired) electrons. The number of aromatic nitrogens is 1. The van der Waals surface area contributed by atoms with E-state index in [1.807, 2.05) is 0 Å². The summed E-state index contributed by atoms with van der Waals surface area (Å²) in [6.07, 6.45) is 1.78. The number of aliphatic carboxylic acids is 1. The topological polar surface area (TPSA) is 123 Å². The maximum absolute atomic E-state index is 13.8. The zero-order valence-electron chi connectivity index (χ0n) is 20.4. The molecule has 0 aliphatic heterocycles. The molecule has 3 N–H and O–H groups in total. The standard InChI is InChI=1S/C26H21F2N3O5S3/c1-37-22-9-19(28)18(27)8-17(22)14-2-4-15(5-3-14)36-12-23-30-20(13-38-23)26(35)31(11-24(32)33)10-16-6-7-21(39-16)25(29)34/h2-9,13H,10-12H2,1H3,(H2,29,34)(H,32,33). The molecule has 0 aliphatic rings. The number of ether oxygens (including phenoxy) is 1. The van der Waals surface area contributed by atoms with E-state index in [-0.39, 0.29) is 18.8 Å². The fourth-order valence-corrected chi connectivity index (χ4v) is 5.76. The number of carbonyl (C=O) groups is 3. The maximum atomic E-state index is 13.8. The Bertz CT molecular complexity index is 1520. The quantitative estimate of drug-likeness (QED) is 0.228. The summed E-state index contributed by atoms with van der Waals surface area (Å²) in [5, 5.41) is 11.3. The lowest BCUT2D eigenvalue weighted by molar-refractivity contribution is -0.137. The van der Waals surface area contributed by atoms with Crippen molar-refractivity contribution in [3.8, 4) is 16.9 Å². The van der Waals surface area contributed by atoms with Crippen LogP contribution in [0.25, 0.3) is 11.1 Å². The van der Waals surface area contributed by atoms with Crippen LogP contribution in [0, 0.1) is 11.6 Å². The van der Waals surface area contributed by atoms with Gasteiger partial charge >= 0.3 is 5.97 Å². The predicted molar refractivity (Wildman–Crippen MR) is 145 cm³/mol. The van der Waals surface area contributed by atoms with E-state index in [0.29, 0.717) is 36.5 Å². The molecule has 2 aromatic heterocycles. The largest absolute Gasteiger partial charge is 0.486 e. The summed E-state index contributed by atoms with van der Waals surface area (Å²) in [5.74, 6) is -3.69. The first-order chi connectivity index (χ1) is 18.6. The second-order valence-electron chi connectivity index (χ2n) is 8.09. The molecule has 0 fully saturated rings. The number of carbonyl (C=O) groups excluding carboxylic acids is 2. The van der Waals surface area contributed by atoms with E-state index in [2.05, 4.69) is 4.98 Å². The first-order valence-electron chi connectivity index (χ1n) is 11.2. The number of benzene rings is 2. The zero-order valence-corrected chi connectivity index (χ0v) is 22.8. The van der Waals surface area contributed by atoms with E-state index in [4.69, 9.17) is 10.5 Å². The van der Waals surface area contributed by atoms with E-state index in [9.17, 15) is 28.3 Å². The van der Waals surface area contributed by atoms with Gasteiger partial charge in [-0.2, -0.15) is 0 Å². The summed E-state index contributed by atoms with van der Waals surface area (Å²) in [6.45, 7) is -0.506. The van der Waals surface area contributed by atoms with Gasteiger partial charge in [0.2, 0.25) is 0 Å². The van der Waals surface area contributed by atoms with Crippen LogP contribution < -0.4 is 10.5 Å². The van der Waals surface area contributed by atoms with Gasteiger partial charge in [0.1, 0.15) is 29.6 Å². The number of nitrogens with two attached hydrogens (primary N) is 1. The second kappa shape index (κ2) is 12.4. The average Bonchev–Trinajstić information content (AvgIpc) is 3.58. The van der Waals surface area contributed by atoms with E-state index in [0.717, 1.165) is 28.4 Å². The van der Waals surface area contributed by atoms with Crippen LogP contribution in [0.2, 0.25) is 0 Å². The third kappa shape index (κ3) is 6.99. The number of carboxylic acids is 1. The molecule has 0 saturated carbocycles. The minimum Gasteiger partial charge on any atom is -0.486 e. The van der Waals surface area contributed by atoms with Gasteiger partial charge in [0.25, 0.3) is 11.8 Å². The molecule has 39 heavy (non-hydrogen) atoms. The van der Waals surface area contributed by atoms with Crippen molar-refractivity contribution >= 4 is 52.2 Å². The number of thiophene rings is 1. The molecule has 0 unspecified atom stereocenters. The molecule has 0 aliphatic carbocycles. The highest BCUT2D eigenvalue weighted by Crippen LogP contribution is 2.33. The molecular formula is C26H21F2N3O5S3. The number of hydrogen-bond donors (Lipinski definition) is 2. The van der Waals surface area contributed by atoms with Gasteiger partial charge in [0.15, 0.2) is 11.6 Å². The zero-order chi connectivity index (χ0) is 28.1. The number of nitrogens with zero attached hydrogens (tertiary/aromatic N) is 2. The van der Waals surface area contributed by atoms with Gasteiger partial charge < -0.3 is 20.5 Å². The number of rotatable bonds is 11. The molecule has 2 amide bonds. The summed E-state index contributed by atoms with van der Waals surface area (Å²) in [6, 6.07) is 12.3. The summed E-state index contributed by atoms with van der Waals surface area (Å²) >= 11 is 3.58. The van der Waals surface area contributed by atoms with Crippen molar-refractivity contribution in [2.24, 2.45) is 5.73 Å². The first-order valence-corrected chi connectivity index (χ1v) is 14.2. The highest BCUT2D eigenvalue weighted by atomic mass is 32.2. The Morgan fingerprint density at radius 1 is 1.10 bits per heavy atom. The van der Waals surface area contributed by atoms with Crippen molar-refractivity contribution in [3.63, 3.8) is 0 Å². The Balaban J connectivity index is 1.41. The van der Waals surface area contributed by atoms with Gasteiger partial charge in [0.05, 0.1) is 11.4 Å². The van der Waals surface area contributed by atoms with E-state index >= 15 is 0 Å². The van der Waals surface area contributed by atoms with Crippen LogP contribution in [0.4, 0.5) is 8.78 Å². The minimum absolute atomic E-state index is 0.0189. The Morgan fingerprint density at radius 2 is 1.82 bits per heavy atom. The Morgan fingerprint density at radius 3 is 2.46 bits per heavy atom. The van der Waals surface area contributed by atoms with Gasteiger partial charge in [-0.05, 0) is 53.8 Å². The number of primary amides is 1. The van der Waals surface area contributed by atoms with Crippen LogP contribution in [-0.4, -0.2) is 45.6 Å². The monoisotopic (exact) mass is 589 g/mol. The molecule has 0 bridgehead atoms. The van der Waals surface area contributed by atoms with Gasteiger partial charge in [-0.25, -0.2) is 13.8 Å². The molecule has 4 rings (SSSR count). The van der Waals surface area contributed by atoms with Crippen LogP contribution in [0.3, 0.4) is 0 Å². The van der Waals surface area contributed by atoms with Crippen molar-refractivity contribution in [2.75, 3.05) is 12.8 Å². The fourth-order valence-electron chi connectivity index (χ4n) is 3.58. The number of thiazole rings is 1. The van der Waals surface area contributed by atoms with Gasteiger partial charge in [-0.1, -0.05) is 12.1 Å². The third-order valence-corrected chi connectivity index (χ3v) is 8.09. The minimum atomic E-state index is -1.19. The number of amides is 2. The van der Waals surface area contributed by atoms with E-state index in [1.54, 1.807) is 36.6 Å². The molecule has 0 atom stereocenters. The normalized spacial score (nSPS) is 10.8. The molecule has 13 heteroatoms. The smallest absolute Gasteiger partial charge is 0.323 e. The lowest BCUT2D eigenvalue weighted by Gasteiger charge is -2.18. The summed E-state index contributed by atoms with van der Waals surface area (Å²) in [7, 11) is 0. The molecule has 8 nitrogen and oxygen atoms in total. The molecule has 0 saturated heterocycles. The van der Waals surface area contributed by atoms with E-state index < -0.39 is 36.0 Å². The molecule has 202 valence electrons. The van der Waals surface area contributed by atoms with Crippen LogP contribution in [0.15, 0.2) is 58.8 Å². The molecule has 2 heterocycles. The third-order valence-electron chi connectivity index (χ3n) is 5.41. The number of carboxylic acid groups (broad SMARTS) is 1. The summed E-state index contributed by atoms with van der Waals surface area (Å²) < 4.78 is 33.1. The van der Waals surface area contributed by atoms with Crippen molar-refractivity contribution in [1.82, 2.24) is 9.88 Å². The van der Waals surface area contributed by atoms with E-state index in [1.165, 1.54) is 34.5 Å². The highest BCUT2D eigenvalue weighted by Gasteiger charge is 2.23. The lowest BCUT2D eigenvalue weighted by atomic mass is 10.1. The summed E-state index contributed by atoms with van der Waals surface area (Å²) in [4.78, 5) is 42.6. The lowest BCUT2D eigenvalue weighted by Crippen LogP contribution is -2.35. The van der Waals surface area contributed by atoms with Crippen molar-refractivity contribution in [3.05, 3.63) is 86.0 Å². The van der Waals surface area contributed by atoms with Crippen LogP contribution >= 0.6 is 34.4 Å². The second-order valence-corrected chi connectivity index (χ2v) is 11.1. The van der Waals surface area contributed by atoms with Gasteiger partial charge in [-0.15, -0.1) is 34.4 Å². The Hall–Kier alpha value is -3.81. The SMILES string of the molecule is CSc1cc(F)c(F)cc1-c1ccc(OCc2nc(C(=O)N(CC(=O)O)Cc3ccc(C(N)=O)s3)cs2)cc1. The Labute approximate surface area is 234 Å². The molecular weight excluding hydrogens is 568 g/mol. The summed E-state index contributed by atoms with van der Waals surface area (Å²) in [5.41, 5.74) is 6.60. The van der Waals surface area contributed by atoms with Crippen molar-refractivity contribution in [1.29, 1.82) is 0 Å². The Kier molecular flexibility index (Phi) is 8.94. The first kappa shape index (κ1) is 28.2. The van der Waals surface area contributed by atoms with Crippen molar-refractivity contribution in [2.45, 2.75) is 18.0 Å². The van der Waals surface area contributed by atoms with Crippen LogP contribution in [0.5, 0.6) is 5.75 Å². The predicted octanol–water partition coefficient (Wildman–Crippen LogP) is 5.28. The maximum Gasteiger partial charge on any atom is 0.323 e. The van der Waals surface area contributed by atoms with Gasteiger partial charge in [0, 0.05) is 15.2 Å². The average molecular weight is 590 g/mol. The fraction of sp³-hybridized carbons (Fsp3) is 0.154.